The number of hydrogen-bond donors (Lipinski definition) is 0. The van der Waals surface area contributed by atoms with Crippen LogP contribution in [0.15, 0.2) is 22.8 Å². The average molecular weight is 445 g/mol. The average Bonchev–Trinajstić information content (AvgIpc) is 3.38. The van der Waals surface area contributed by atoms with E-state index in [1.807, 2.05) is 16.7 Å². The van der Waals surface area contributed by atoms with Gasteiger partial charge in [-0.3, -0.25) is 19.3 Å². The Morgan fingerprint density at radius 3 is 2.16 bits per heavy atom. The second kappa shape index (κ2) is 10.5. The molecule has 3 aliphatic rings. The number of carbonyl (C=O) groups is 3. The molecule has 8 heteroatoms. The molecular formula is C24H36N4O4. The fraction of sp³-hybridized carbons (Fsp3) is 0.708. The van der Waals surface area contributed by atoms with Gasteiger partial charge in [-0.1, -0.05) is 19.3 Å². The third kappa shape index (κ3) is 5.34. The Balaban J connectivity index is 1.20. The molecule has 8 nitrogen and oxygen atoms in total. The van der Waals surface area contributed by atoms with Crippen molar-refractivity contribution in [1.82, 2.24) is 19.6 Å². The number of amides is 3. The molecular weight excluding hydrogens is 408 g/mol. The van der Waals surface area contributed by atoms with Crippen LogP contribution in [0, 0.1) is 5.92 Å². The minimum Gasteiger partial charge on any atom is -0.459 e. The van der Waals surface area contributed by atoms with E-state index in [2.05, 4.69) is 4.90 Å². The lowest BCUT2D eigenvalue weighted by atomic mass is 9.86. The predicted octanol–water partition coefficient (Wildman–Crippen LogP) is 2.07. The van der Waals surface area contributed by atoms with Crippen LogP contribution in [-0.2, 0) is 9.59 Å². The van der Waals surface area contributed by atoms with E-state index in [9.17, 15) is 14.4 Å². The van der Waals surface area contributed by atoms with Crippen molar-refractivity contribution in [2.24, 2.45) is 5.92 Å². The van der Waals surface area contributed by atoms with Crippen molar-refractivity contribution in [1.29, 1.82) is 0 Å². The molecule has 1 aromatic heterocycles. The van der Waals surface area contributed by atoms with Gasteiger partial charge in [0.25, 0.3) is 5.91 Å². The van der Waals surface area contributed by atoms with Crippen LogP contribution in [0.3, 0.4) is 0 Å². The molecule has 3 fully saturated rings. The Kier molecular flexibility index (Phi) is 7.50. The van der Waals surface area contributed by atoms with E-state index in [-0.39, 0.29) is 23.8 Å². The molecule has 0 N–H and O–H groups in total. The number of nitrogens with zero attached hydrogens (tertiary/aromatic N) is 4. The Morgan fingerprint density at radius 2 is 1.53 bits per heavy atom. The first kappa shape index (κ1) is 22.8. The van der Waals surface area contributed by atoms with Crippen molar-refractivity contribution < 1.29 is 18.8 Å². The fourth-order valence-electron chi connectivity index (χ4n) is 5.23. The number of furan rings is 1. The van der Waals surface area contributed by atoms with Gasteiger partial charge in [0.1, 0.15) is 0 Å². The number of hydrogen-bond acceptors (Lipinski definition) is 5. The van der Waals surface area contributed by atoms with Gasteiger partial charge in [0.2, 0.25) is 11.8 Å². The molecule has 2 aliphatic heterocycles. The van der Waals surface area contributed by atoms with Crippen molar-refractivity contribution in [2.75, 3.05) is 52.4 Å². The van der Waals surface area contributed by atoms with Crippen molar-refractivity contribution in [3.8, 4) is 0 Å². The summed E-state index contributed by atoms with van der Waals surface area (Å²) in [6.07, 6.45) is 8.40. The summed E-state index contributed by atoms with van der Waals surface area (Å²) in [4.78, 5) is 45.9. The predicted molar refractivity (Wildman–Crippen MR) is 120 cm³/mol. The molecule has 2 saturated heterocycles. The maximum absolute atomic E-state index is 13.1. The number of piperazine rings is 2. The highest BCUT2D eigenvalue weighted by Crippen LogP contribution is 2.27. The van der Waals surface area contributed by atoms with Crippen LogP contribution >= 0.6 is 0 Å². The smallest absolute Gasteiger partial charge is 0.289 e. The van der Waals surface area contributed by atoms with E-state index >= 15 is 0 Å². The first-order valence-corrected chi connectivity index (χ1v) is 12.2. The highest BCUT2D eigenvalue weighted by Gasteiger charge is 2.33. The van der Waals surface area contributed by atoms with Crippen molar-refractivity contribution in [3.63, 3.8) is 0 Å². The minimum absolute atomic E-state index is 0.108. The van der Waals surface area contributed by atoms with Crippen LogP contribution in [0.25, 0.3) is 0 Å². The van der Waals surface area contributed by atoms with E-state index in [1.165, 1.54) is 38.4 Å². The van der Waals surface area contributed by atoms with Gasteiger partial charge in [-0.25, -0.2) is 0 Å². The topological polar surface area (TPSA) is 77.3 Å². The Labute approximate surface area is 190 Å². The summed E-state index contributed by atoms with van der Waals surface area (Å²) in [5, 5.41) is 0. The largest absolute Gasteiger partial charge is 0.459 e. The zero-order valence-electron chi connectivity index (χ0n) is 19.2. The standard InChI is InChI=1S/C24H36N4O4/c1-19(23(30)27-13-15-28(16-14-27)24(31)21-8-5-17-32-21)25-9-11-26(12-10-25)22(29)18-20-6-3-2-4-7-20/h5,8,17,19-20H,2-4,6-7,9-16,18H2,1H3. The molecule has 0 bridgehead atoms. The molecule has 1 aromatic rings. The van der Waals surface area contributed by atoms with Crippen LogP contribution < -0.4 is 0 Å². The molecule has 176 valence electrons. The summed E-state index contributed by atoms with van der Waals surface area (Å²) in [6, 6.07) is 3.16. The Hall–Kier alpha value is -2.35. The van der Waals surface area contributed by atoms with E-state index in [0.29, 0.717) is 57.4 Å². The molecule has 32 heavy (non-hydrogen) atoms. The van der Waals surface area contributed by atoms with E-state index in [0.717, 1.165) is 13.1 Å². The lowest BCUT2D eigenvalue weighted by Crippen LogP contribution is -2.58. The van der Waals surface area contributed by atoms with Gasteiger partial charge in [-0.2, -0.15) is 0 Å². The van der Waals surface area contributed by atoms with Gasteiger partial charge in [-0.05, 0) is 37.8 Å². The first-order valence-electron chi connectivity index (χ1n) is 12.2. The lowest BCUT2D eigenvalue weighted by Gasteiger charge is -2.41. The second-order valence-corrected chi connectivity index (χ2v) is 9.40. The highest BCUT2D eigenvalue weighted by molar-refractivity contribution is 5.91. The van der Waals surface area contributed by atoms with E-state index in [4.69, 9.17) is 4.42 Å². The minimum atomic E-state index is -0.210. The summed E-state index contributed by atoms with van der Waals surface area (Å²) >= 11 is 0. The van der Waals surface area contributed by atoms with E-state index in [1.54, 1.807) is 17.0 Å². The summed E-state index contributed by atoms with van der Waals surface area (Å²) in [7, 11) is 0. The van der Waals surface area contributed by atoms with Crippen molar-refractivity contribution >= 4 is 17.7 Å². The fourth-order valence-corrected chi connectivity index (χ4v) is 5.23. The normalized spacial score (nSPS) is 22.1. The summed E-state index contributed by atoms with van der Waals surface area (Å²) in [6.45, 7) is 6.94. The SMILES string of the molecule is CC(C(=O)N1CCN(C(=O)c2ccco2)CC1)N1CCN(C(=O)CC2CCCCC2)CC1. The third-order valence-electron chi connectivity index (χ3n) is 7.37. The molecule has 1 saturated carbocycles. The highest BCUT2D eigenvalue weighted by atomic mass is 16.3. The van der Waals surface area contributed by atoms with Gasteiger partial charge < -0.3 is 19.1 Å². The molecule has 3 amide bonds. The van der Waals surface area contributed by atoms with Gasteiger partial charge in [-0.15, -0.1) is 0 Å². The third-order valence-corrected chi connectivity index (χ3v) is 7.37. The van der Waals surface area contributed by atoms with Gasteiger partial charge in [0.05, 0.1) is 12.3 Å². The van der Waals surface area contributed by atoms with Crippen molar-refractivity contribution in [2.45, 2.75) is 51.5 Å². The van der Waals surface area contributed by atoms with Crippen molar-refractivity contribution in [3.05, 3.63) is 24.2 Å². The zero-order valence-corrected chi connectivity index (χ0v) is 19.2. The van der Waals surface area contributed by atoms with Crippen LogP contribution in [-0.4, -0.2) is 95.7 Å². The molecule has 0 radical (unpaired) electrons. The van der Waals surface area contributed by atoms with Crippen LogP contribution in [0.4, 0.5) is 0 Å². The summed E-state index contributed by atoms with van der Waals surface area (Å²) in [5.41, 5.74) is 0. The summed E-state index contributed by atoms with van der Waals surface area (Å²) in [5.74, 6) is 1.18. The number of rotatable bonds is 5. The lowest BCUT2D eigenvalue weighted by molar-refractivity contribution is -0.140. The van der Waals surface area contributed by atoms with Gasteiger partial charge in [0.15, 0.2) is 5.76 Å². The molecule has 3 heterocycles. The second-order valence-electron chi connectivity index (χ2n) is 9.40. The molecule has 1 aliphatic carbocycles. The molecule has 1 unspecified atom stereocenters. The first-order chi connectivity index (χ1) is 15.5. The van der Waals surface area contributed by atoms with Gasteiger partial charge >= 0.3 is 0 Å². The van der Waals surface area contributed by atoms with Crippen LogP contribution in [0.2, 0.25) is 0 Å². The van der Waals surface area contributed by atoms with Crippen LogP contribution in [0.5, 0.6) is 0 Å². The maximum Gasteiger partial charge on any atom is 0.289 e. The quantitative estimate of drug-likeness (QED) is 0.695. The summed E-state index contributed by atoms with van der Waals surface area (Å²) < 4.78 is 5.20. The zero-order chi connectivity index (χ0) is 22.5. The maximum atomic E-state index is 13.1. The van der Waals surface area contributed by atoms with Crippen LogP contribution in [0.1, 0.15) is 56.0 Å². The number of carbonyl (C=O) groups excluding carboxylic acids is 3. The molecule has 0 aromatic carbocycles. The molecule has 0 spiro atoms. The Morgan fingerprint density at radius 1 is 0.906 bits per heavy atom. The van der Waals surface area contributed by atoms with E-state index < -0.39 is 0 Å². The molecule has 1 atom stereocenters. The van der Waals surface area contributed by atoms with Gasteiger partial charge in [0, 0.05) is 58.8 Å². The molecule has 4 rings (SSSR count). The monoisotopic (exact) mass is 444 g/mol. The Bertz CT molecular complexity index is 774.